The molecule has 0 aliphatic carbocycles. The first kappa shape index (κ1) is 11.6. The summed E-state index contributed by atoms with van der Waals surface area (Å²) in [5, 5.41) is 2.06. The molecule has 0 radical (unpaired) electrons. The zero-order chi connectivity index (χ0) is 10.6. The average molecular weight is 229 g/mol. The van der Waals surface area contributed by atoms with Crippen molar-refractivity contribution in [3.8, 4) is 0 Å². The van der Waals surface area contributed by atoms with Crippen molar-refractivity contribution in [2.75, 3.05) is 12.8 Å². The van der Waals surface area contributed by atoms with E-state index in [2.05, 4.69) is 31.0 Å². The molecule has 0 aliphatic heterocycles. The Kier molecular flexibility index (Phi) is 4.48. The first-order chi connectivity index (χ1) is 6.65. The van der Waals surface area contributed by atoms with Crippen molar-refractivity contribution in [1.82, 2.24) is 4.90 Å². The van der Waals surface area contributed by atoms with Crippen LogP contribution in [-0.2, 0) is 11.3 Å². The van der Waals surface area contributed by atoms with Crippen molar-refractivity contribution >= 4 is 29.9 Å². The minimum absolute atomic E-state index is 0.160. The van der Waals surface area contributed by atoms with Gasteiger partial charge in [0.1, 0.15) is 0 Å². The van der Waals surface area contributed by atoms with Crippen LogP contribution in [-0.4, -0.2) is 23.6 Å². The number of nitrogens with zero attached hydrogens (tertiary/aromatic N) is 1. The summed E-state index contributed by atoms with van der Waals surface area (Å²) in [7, 11) is 1.84. The predicted molar refractivity (Wildman–Crippen MR) is 64.0 cm³/mol. The summed E-state index contributed by atoms with van der Waals surface area (Å²) < 4.78 is 0. The van der Waals surface area contributed by atoms with Gasteiger partial charge in [-0.15, -0.1) is 11.3 Å². The Morgan fingerprint density at radius 1 is 1.64 bits per heavy atom. The molecular weight excluding hydrogens is 214 g/mol. The molecule has 4 heteroatoms. The number of aryl methyl sites for hydroxylation is 1. The topological polar surface area (TPSA) is 20.3 Å². The lowest BCUT2D eigenvalue weighted by molar-refractivity contribution is -0.129. The Labute approximate surface area is 94.3 Å². The van der Waals surface area contributed by atoms with Crippen molar-refractivity contribution in [2.45, 2.75) is 19.9 Å². The lowest BCUT2D eigenvalue weighted by Gasteiger charge is -2.16. The molecule has 0 spiro atoms. The molecule has 1 heterocycles. The summed E-state index contributed by atoms with van der Waals surface area (Å²) in [6, 6.07) is 2.08. The normalized spacial score (nSPS) is 10.2. The third-order valence-electron chi connectivity index (χ3n) is 2.10. The maximum Gasteiger partial charge on any atom is 0.223 e. The van der Waals surface area contributed by atoms with Crippen LogP contribution < -0.4 is 0 Å². The highest BCUT2D eigenvalue weighted by Crippen LogP contribution is 2.17. The van der Waals surface area contributed by atoms with E-state index in [0.717, 1.165) is 6.54 Å². The van der Waals surface area contributed by atoms with E-state index in [1.165, 1.54) is 10.4 Å². The van der Waals surface area contributed by atoms with Crippen molar-refractivity contribution in [3.63, 3.8) is 0 Å². The second-order valence-electron chi connectivity index (χ2n) is 3.25. The fraction of sp³-hybridized carbons (Fsp3) is 0.500. The predicted octanol–water partition coefficient (Wildman–Crippen LogP) is 2.33. The lowest BCUT2D eigenvalue weighted by Crippen LogP contribution is -2.26. The minimum atomic E-state index is 0.160. The maximum absolute atomic E-state index is 11.5. The highest BCUT2D eigenvalue weighted by Gasteiger charge is 2.09. The standard InChI is InChI=1S/C10H15NOS2/c1-8-4-6-14-9(8)7-11(2)10(12)3-5-13/h4,6,13H,3,5,7H2,1-2H3. The summed E-state index contributed by atoms with van der Waals surface area (Å²) in [6.07, 6.45) is 0.518. The fourth-order valence-corrected chi connectivity index (χ4v) is 2.31. The third kappa shape index (κ3) is 3.03. The van der Waals surface area contributed by atoms with E-state index < -0.39 is 0 Å². The molecule has 14 heavy (non-hydrogen) atoms. The molecule has 1 rings (SSSR count). The van der Waals surface area contributed by atoms with Gasteiger partial charge in [-0.2, -0.15) is 12.6 Å². The van der Waals surface area contributed by atoms with Crippen LogP contribution in [0.2, 0.25) is 0 Å². The largest absolute Gasteiger partial charge is 0.341 e. The maximum atomic E-state index is 11.5. The summed E-state index contributed by atoms with van der Waals surface area (Å²) >= 11 is 5.74. The highest BCUT2D eigenvalue weighted by molar-refractivity contribution is 7.80. The summed E-state index contributed by atoms with van der Waals surface area (Å²) in [6.45, 7) is 2.79. The third-order valence-corrected chi connectivity index (χ3v) is 3.33. The molecule has 0 saturated carbocycles. The smallest absolute Gasteiger partial charge is 0.223 e. The first-order valence-electron chi connectivity index (χ1n) is 4.53. The van der Waals surface area contributed by atoms with Gasteiger partial charge in [-0.25, -0.2) is 0 Å². The summed E-state index contributed by atoms with van der Waals surface area (Å²) in [4.78, 5) is 14.5. The molecule has 1 aromatic rings. The molecule has 2 nitrogen and oxygen atoms in total. The Hall–Kier alpha value is -0.480. The van der Waals surface area contributed by atoms with Crippen LogP contribution in [0.3, 0.4) is 0 Å². The number of rotatable bonds is 4. The van der Waals surface area contributed by atoms with E-state index in [1.54, 1.807) is 16.2 Å². The van der Waals surface area contributed by atoms with Crippen LogP contribution in [0.1, 0.15) is 16.9 Å². The highest BCUT2D eigenvalue weighted by atomic mass is 32.1. The van der Waals surface area contributed by atoms with Gasteiger partial charge in [-0.05, 0) is 29.7 Å². The van der Waals surface area contributed by atoms with Gasteiger partial charge in [0.05, 0.1) is 6.54 Å². The second-order valence-corrected chi connectivity index (χ2v) is 4.70. The summed E-state index contributed by atoms with van der Waals surface area (Å²) in [5.74, 6) is 0.778. The van der Waals surface area contributed by atoms with E-state index in [9.17, 15) is 4.79 Å². The molecule has 0 fully saturated rings. The Balaban J connectivity index is 2.52. The first-order valence-corrected chi connectivity index (χ1v) is 6.04. The van der Waals surface area contributed by atoms with Gasteiger partial charge in [-0.3, -0.25) is 4.79 Å². The zero-order valence-electron chi connectivity index (χ0n) is 8.49. The van der Waals surface area contributed by atoms with Gasteiger partial charge in [-0.1, -0.05) is 0 Å². The van der Waals surface area contributed by atoms with Gasteiger partial charge >= 0.3 is 0 Å². The number of thiol groups is 1. The number of carbonyl (C=O) groups is 1. The van der Waals surface area contributed by atoms with Crippen LogP contribution in [0.4, 0.5) is 0 Å². The lowest BCUT2D eigenvalue weighted by atomic mass is 10.3. The Morgan fingerprint density at radius 2 is 2.36 bits per heavy atom. The molecule has 0 bridgehead atoms. The molecule has 0 saturated heterocycles. The second kappa shape index (κ2) is 5.41. The Bertz CT molecular complexity index is 309. The number of hydrogen-bond acceptors (Lipinski definition) is 3. The van der Waals surface area contributed by atoms with E-state index in [0.29, 0.717) is 12.2 Å². The molecule has 0 aromatic carbocycles. The quantitative estimate of drug-likeness (QED) is 0.786. The van der Waals surface area contributed by atoms with Gasteiger partial charge in [0.25, 0.3) is 0 Å². The van der Waals surface area contributed by atoms with Gasteiger partial charge in [0.15, 0.2) is 0 Å². The van der Waals surface area contributed by atoms with Crippen molar-refractivity contribution in [3.05, 3.63) is 21.9 Å². The monoisotopic (exact) mass is 229 g/mol. The van der Waals surface area contributed by atoms with Crippen molar-refractivity contribution in [1.29, 1.82) is 0 Å². The molecule has 0 atom stereocenters. The van der Waals surface area contributed by atoms with E-state index in [-0.39, 0.29) is 5.91 Å². The molecule has 1 aromatic heterocycles. The minimum Gasteiger partial charge on any atom is -0.341 e. The van der Waals surface area contributed by atoms with Crippen LogP contribution in [0.25, 0.3) is 0 Å². The molecule has 0 N–H and O–H groups in total. The Morgan fingerprint density at radius 3 is 2.86 bits per heavy atom. The number of hydrogen-bond donors (Lipinski definition) is 1. The van der Waals surface area contributed by atoms with Crippen LogP contribution in [0.15, 0.2) is 11.4 Å². The molecule has 78 valence electrons. The van der Waals surface area contributed by atoms with Crippen molar-refractivity contribution in [2.24, 2.45) is 0 Å². The van der Waals surface area contributed by atoms with Crippen molar-refractivity contribution < 1.29 is 4.79 Å². The number of carbonyl (C=O) groups excluding carboxylic acids is 1. The van der Waals surface area contributed by atoms with Crippen LogP contribution in [0, 0.1) is 6.92 Å². The van der Waals surface area contributed by atoms with E-state index >= 15 is 0 Å². The van der Waals surface area contributed by atoms with Crippen LogP contribution >= 0.6 is 24.0 Å². The number of thiophene rings is 1. The molecule has 1 amide bonds. The van der Waals surface area contributed by atoms with Gasteiger partial charge in [0, 0.05) is 18.3 Å². The van der Waals surface area contributed by atoms with Gasteiger partial charge in [0.2, 0.25) is 5.91 Å². The molecule has 0 unspecified atom stereocenters. The average Bonchev–Trinajstić information content (AvgIpc) is 2.52. The SMILES string of the molecule is Cc1ccsc1CN(C)C(=O)CCS. The fourth-order valence-electron chi connectivity index (χ4n) is 1.16. The zero-order valence-corrected chi connectivity index (χ0v) is 10.2. The van der Waals surface area contributed by atoms with Crippen LogP contribution in [0.5, 0.6) is 0 Å². The molecule has 0 aliphatic rings. The van der Waals surface area contributed by atoms with Gasteiger partial charge < -0.3 is 4.90 Å². The van der Waals surface area contributed by atoms with E-state index in [1.807, 2.05) is 7.05 Å². The summed E-state index contributed by atoms with van der Waals surface area (Å²) in [5.41, 5.74) is 1.26. The van der Waals surface area contributed by atoms with E-state index in [4.69, 9.17) is 0 Å². The number of amides is 1. The molecular formula is C10H15NOS2.